The lowest BCUT2D eigenvalue weighted by Crippen LogP contribution is -2.39. The van der Waals surface area contributed by atoms with Crippen molar-refractivity contribution < 1.29 is 13.2 Å². The first kappa shape index (κ1) is 24.4. The number of guanidine groups is 1. The second-order valence-electron chi connectivity index (χ2n) is 5.74. The minimum absolute atomic E-state index is 0. The molecule has 2 aromatic rings. The van der Waals surface area contributed by atoms with Gasteiger partial charge in [-0.15, -0.1) is 35.3 Å². The molecule has 6 nitrogen and oxygen atoms in total. The second-order valence-corrected chi connectivity index (χ2v) is 6.81. The van der Waals surface area contributed by atoms with Crippen LogP contribution in [0.1, 0.15) is 22.7 Å². The van der Waals surface area contributed by atoms with Gasteiger partial charge >= 0.3 is 6.18 Å². The summed E-state index contributed by atoms with van der Waals surface area (Å²) in [7, 11) is 1.70. The van der Waals surface area contributed by atoms with Crippen LogP contribution in [0.3, 0.4) is 0 Å². The van der Waals surface area contributed by atoms with E-state index in [-0.39, 0.29) is 24.0 Å². The van der Waals surface area contributed by atoms with Gasteiger partial charge in [-0.25, -0.2) is 9.97 Å². The average molecular weight is 528 g/mol. The summed E-state index contributed by atoms with van der Waals surface area (Å²) in [6, 6.07) is 2.35. The van der Waals surface area contributed by atoms with Gasteiger partial charge in [-0.2, -0.15) is 13.2 Å². The van der Waals surface area contributed by atoms with Crippen molar-refractivity contribution in [1.29, 1.82) is 0 Å². The van der Waals surface area contributed by atoms with E-state index >= 15 is 0 Å². The molecule has 0 radical (unpaired) electrons. The summed E-state index contributed by atoms with van der Waals surface area (Å²) in [5.41, 5.74) is 0.311. The lowest BCUT2D eigenvalue weighted by atomic mass is 10.3. The van der Waals surface area contributed by atoms with Crippen LogP contribution in [0.15, 0.2) is 28.7 Å². The van der Waals surface area contributed by atoms with Crippen molar-refractivity contribution in [2.45, 2.75) is 25.9 Å². The summed E-state index contributed by atoms with van der Waals surface area (Å²) in [4.78, 5) is 12.3. The molecule has 0 aliphatic rings. The van der Waals surface area contributed by atoms with Gasteiger partial charge in [0.2, 0.25) is 0 Å². The maximum absolute atomic E-state index is 12.5. The topological polar surface area (TPSA) is 74.2 Å². The minimum Gasteiger partial charge on any atom is -0.370 e. The van der Waals surface area contributed by atoms with Crippen molar-refractivity contribution in [3.8, 4) is 0 Å². The van der Waals surface area contributed by atoms with Crippen LogP contribution in [-0.2, 0) is 12.6 Å². The zero-order valence-electron chi connectivity index (χ0n) is 15.6. The zero-order chi connectivity index (χ0) is 19.7. The molecule has 11 heteroatoms. The number of nitrogens with one attached hydrogen (secondary N) is 3. The minimum atomic E-state index is -4.36. The van der Waals surface area contributed by atoms with E-state index in [4.69, 9.17) is 0 Å². The number of aromatic nitrogens is 2. The molecule has 3 N–H and O–H groups in total. The third kappa shape index (κ3) is 8.59. The number of alkyl halides is 3. The molecule has 0 fully saturated rings. The van der Waals surface area contributed by atoms with Gasteiger partial charge in [-0.3, -0.25) is 4.99 Å². The molecule has 2 heterocycles. The fraction of sp³-hybridized carbons (Fsp3) is 0.471. The molecule has 0 saturated carbocycles. The van der Waals surface area contributed by atoms with Crippen molar-refractivity contribution in [3.05, 3.63) is 40.0 Å². The fourth-order valence-corrected chi connectivity index (χ4v) is 2.88. The molecule has 0 spiro atoms. The maximum Gasteiger partial charge on any atom is 0.417 e. The van der Waals surface area contributed by atoms with Crippen LogP contribution in [0, 0.1) is 6.92 Å². The van der Waals surface area contributed by atoms with E-state index in [0.29, 0.717) is 24.9 Å². The lowest BCUT2D eigenvalue weighted by Gasteiger charge is -2.12. The molecule has 0 aliphatic heterocycles. The summed E-state index contributed by atoms with van der Waals surface area (Å²) >= 11 is 1.64. The zero-order valence-corrected chi connectivity index (χ0v) is 18.8. The number of halogens is 4. The molecule has 2 aromatic heterocycles. The monoisotopic (exact) mass is 528 g/mol. The van der Waals surface area contributed by atoms with Crippen LogP contribution in [0.2, 0.25) is 0 Å². The van der Waals surface area contributed by atoms with Gasteiger partial charge in [-0.05, 0) is 25.5 Å². The average Bonchev–Trinajstić information content (AvgIpc) is 3.04. The Hall–Kier alpha value is -1.63. The SMILES string of the molecule is CN=C(NCCCNc1ccc(C(F)(F)F)cn1)NCCc1csc(C)n1.I. The van der Waals surface area contributed by atoms with Crippen LogP contribution in [0.25, 0.3) is 0 Å². The van der Waals surface area contributed by atoms with Crippen molar-refractivity contribution in [1.82, 2.24) is 20.6 Å². The van der Waals surface area contributed by atoms with Crippen molar-refractivity contribution in [2.75, 3.05) is 32.0 Å². The smallest absolute Gasteiger partial charge is 0.370 e. The van der Waals surface area contributed by atoms with Crippen molar-refractivity contribution in [2.24, 2.45) is 4.99 Å². The number of nitrogens with zero attached hydrogens (tertiary/aromatic N) is 3. The second kappa shape index (κ2) is 12.0. The molecular formula is C17H24F3IN6S. The van der Waals surface area contributed by atoms with E-state index in [1.54, 1.807) is 18.4 Å². The van der Waals surface area contributed by atoms with E-state index < -0.39 is 11.7 Å². The number of aryl methyl sites for hydroxylation is 1. The molecule has 0 amide bonds. The molecule has 0 unspecified atom stereocenters. The van der Waals surface area contributed by atoms with Crippen molar-refractivity contribution in [3.63, 3.8) is 0 Å². The first-order valence-electron chi connectivity index (χ1n) is 8.51. The summed E-state index contributed by atoms with van der Waals surface area (Å²) in [6.45, 7) is 3.97. The number of aliphatic imine (C=N–C) groups is 1. The first-order valence-corrected chi connectivity index (χ1v) is 9.39. The Morgan fingerprint density at radius 1 is 1.18 bits per heavy atom. The third-order valence-electron chi connectivity index (χ3n) is 3.61. The summed E-state index contributed by atoms with van der Waals surface area (Å²) in [5.74, 6) is 1.12. The summed E-state index contributed by atoms with van der Waals surface area (Å²) in [5, 5.41) is 12.5. The quantitative estimate of drug-likeness (QED) is 0.211. The Balaban J connectivity index is 0.00000392. The number of rotatable bonds is 8. The third-order valence-corrected chi connectivity index (χ3v) is 4.43. The Kier molecular flexibility index (Phi) is 10.5. The van der Waals surface area contributed by atoms with Crippen LogP contribution in [0.4, 0.5) is 19.0 Å². The highest BCUT2D eigenvalue weighted by Crippen LogP contribution is 2.28. The van der Waals surface area contributed by atoms with Gasteiger partial charge in [0.05, 0.1) is 16.3 Å². The van der Waals surface area contributed by atoms with E-state index in [9.17, 15) is 13.2 Å². The molecule has 0 aliphatic carbocycles. The van der Waals surface area contributed by atoms with Gasteiger partial charge in [0.1, 0.15) is 5.82 Å². The number of anilines is 1. The predicted molar refractivity (Wildman–Crippen MR) is 118 cm³/mol. The molecule has 156 valence electrons. The molecule has 0 atom stereocenters. The Morgan fingerprint density at radius 2 is 1.93 bits per heavy atom. The van der Waals surface area contributed by atoms with Crippen molar-refractivity contribution >= 4 is 47.1 Å². The highest BCUT2D eigenvalue weighted by Gasteiger charge is 2.30. The maximum atomic E-state index is 12.5. The summed E-state index contributed by atoms with van der Waals surface area (Å²) in [6.07, 6.45) is -1.95. The van der Waals surface area contributed by atoms with E-state index in [1.165, 1.54) is 6.07 Å². The lowest BCUT2D eigenvalue weighted by molar-refractivity contribution is -0.137. The van der Waals surface area contributed by atoms with Crippen LogP contribution in [-0.4, -0.2) is 42.6 Å². The molecule has 28 heavy (non-hydrogen) atoms. The standard InChI is InChI=1S/C17H23F3N6S.HI/c1-12-26-14(11-27-12)6-9-24-16(21-2)23-8-3-7-22-15-5-4-13(10-25-15)17(18,19)20;/h4-5,10-11H,3,6-9H2,1-2H3,(H,22,25)(H2,21,23,24);1H. The van der Waals surface area contributed by atoms with Crippen LogP contribution >= 0.6 is 35.3 Å². The number of pyridine rings is 1. The normalized spacial score (nSPS) is 11.7. The Bertz CT molecular complexity index is 733. The molecule has 2 rings (SSSR count). The number of thiazole rings is 1. The molecule has 0 bridgehead atoms. The van der Waals surface area contributed by atoms with E-state index in [2.05, 4.69) is 30.9 Å². The van der Waals surface area contributed by atoms with Gasteiger partial charge < -0.3 is 16.0 Å². The Morgan fingerprint density at radius 3 is 2.50 bits per heavy atom. The predicted octanol–water partition coefficient (Wildman–Crippen LogP) is 3.69. The van der Waals surface area contributed by atoms with Gasteiger partial charge in [-0.1, -0.05) is 0 Å². The highest BCUT2D eigenvalue weighted by atomic mass is 127. The van der Waals surface area contributed by atoms with Gasteiger partial charge in [0.15, 0.2) is 5.96 Å². The molecule has 0 aromatic carbocycles. The largest absolute Gasteiger partial charge is 0.417 e. The fourth-order valence-electron chi connectivity index (χ4n) is 2.23. The molecule has 0 saturated heterocycles. The van der Waals surface area contributed by atoms with E-state index in [1.807, 2.05) is 12.3 Å². The number of hydrogen-bond donors (Lipinski definition) is 3. The summed E-state index contributed by atoms with van der Waals surface area (Å²) < 4.78 is 37.4. The van der Waals surface area contributed by atoms with Gasteiger partial charge in [0, 0.05) is 44.7 Å². The highest BCUT2D eigenvalue weighted by molar-refractivity contribution is 14.0. The Labute approximate surface area is 183 Å². The van der Waals surface area contributed by atoms with Crippen LogP contribution < -0.4 is 16.0 Å². The van der Waals surface area contributed by atoms with Gasteiger partial charge in [0.25, 0.3) is 0 Å². The van der Waals surface area contributed by atoms with E-state index in [0.717, 1.165) is 42.4 Å². The van der Waals surface area contributed by atoms with Crippen LogP contribution in [0.5, 0.6) is 0 Å². The molecular weight excluding hydrogens is 504 g/mol. The number of hydrogen-bond acceptors (Lipinski definition) is 5. The first-order chi connectivity index (χ1) is 12.9.